The summed E-state index contributed by atoms with van der Waals surface area (Å²) in [6, 6.07) is 14.6. The summed E-state index contributed by atoms with van der Waals surface area (Å²) < 4.78 is 32.9. The van der Waals surface area contributed by atoms with Crippen molar-refractivity contribution >= 4 is 21.6 Å². The third kappa shape index (κ3) is 4.35. The van der Waals surface area contributed by atoms with E-state index in [1.54, 1.807) is 40.6 Å². The van der Waals surface area contributed by atoms with Crippen LogP contribution < -0.4 is 9.64 Å². The molecule has 0 atom stereocenters. The average Bonchev–Trinajstić information content (AvgIpc) is 3.20. The van der Waals surface area contributed by atoms with E-state index in [9.17, 15) is 13.2 Å². The van der Waals surface area contributed by atoms with Gasteiger partial charge in [0.25, 0.3) is 0 Å². The Bertz CT molecular complexity index is 999. The first-order valence-electron chi connectivity index (χ1n) is 10.2. The molecule has 2 aliphatic rings. The van der Waals surface area contributed by atoms with Crippen molar-refractivity contribution in [1.82, 2.24) is 9.21 Å². The zero-order valence-electron chi connectivity index (χ0n) is 17.2. The Morgan fingerprint density at radius 2 is 1.70 bits per heavy atom. The van der Waals surface area contributed by atoms with Crippen LogP contribution in [0.1, 0.15) is 18.4 Å². The number of carbonyl (C=O) groups excluding carboxylic acids is 1. The summed E-state index contributed by atoms with van der Waals surface area (Å²) >= 11 is 0. The van der Waals surface area contributed by atoms with Gasteiger partial charge in [0, 0.05) is 51.4 Å². The Morgan fingerprint density at radius 1 is 0.967 bits per heavy atom. The molecule has 8 heteroatoms. The van der Waals surface area contributed by atoms with Crippen LogP contribution in [0.5, 0.6) is 5.75 Å². The van der Waals surface area contributed by atoms with E-state index >= 15 is 0 Å². The fourth-order valence-corrected chi connectivity index (χ4v) is 5.45. The molecule has 160 valence electrons. The fraction of sp³-hybridized carbons (Fsp3) is 0.409. The molecule has 2 saturated heterocycles. The number of benzene rings is 2. The van der Waals surface area contributed by atoms with Gasteiger partial charge in [-0.05, 0) is 48.4 Å². The van der Waals surface area contributed by atoms with Crippen LogP contribution in [0.15, 0.2) is 53.4 Å². The molecular weight excluding hydrogens is 402 g/mol. The van der Waals surface area contributed by atoms with Crippen LogP contribution in [-0.4, -0.2) is 63.4 Å². The maximum absolute atomic E-state index is 13.0. The highest BCUT2D eigenvalue weighted by molar-refractivity contribution is 7.89. The standard InChI is InChI=1S/C22H27N3O4S/c1-29-20-5-2-4-18(16-20)17-23-12-14-24(15-13-23)30(27,28)21-9-7-19(8-10-21)25-11-3-6-22(25)26/h2,4-5,7-10,16H,3,6,11-15,17H2,1H3. The minimum atomic E-state index is -3.54. The minimum Gasteiger partial charge on any atom is -0.497 e. The lowest BCUT2D eigenvalue weighted by atomic mass is 10.2. The summed E-state index contributed by atoms with van der Waals surface area (Å²) in [4.78, 5) is 16.1. The van der Waals surface area contributed by atoms with Crippen LogP contribution in [-0.2, 0) is 21.4 Å². The first kappa shape index (κ1) is 20.8. The van der Waals surface area contributed by atoms with Gasteiger partial charge in [0.05, 0.1) is 12.0 Å². The van der Waals surface area contributed by atoms with E-state index < -0.39 is 10.0 Å². The largest absolute Gasteiger partial charge is 0.497 e. The number of piperazine rings is 1. The van der Waals surface area contributed by atoms with Crippen molar-refractivity contribution in [3.05, 3.63) is 54.1 Å². The van der Waals surface area contributed by atoms with E-state index in [1.807, 2.05) is 18.2 Å². The molecule has 2 aliphatic heterocycles. The molecule has 0 bridgehead atoms. The van der Waals surface area contributed by atoms with E-state index in [0.29, 0.717) is 39.1 Å². The summed E-state index contributed by atoms with van der Waals surface area (Å²) in [7, 11) is -1.89. The lowest BCUT2D eigenvalue weighted by molar-refractivity contribution is -0.117. The third-order valence-corrected chi connectivity index (χ3v) is 7.64. The Hall–Kier alpha value is -2.42. The van der Waals surface area contributed by atoms with Crippen molar-refractivity contribution in [2.75, 3.05) is 44.7 Å². The fourth-order valence-electron chi connectivity index (χ4n) is 4.03. The summed E-state index contributed by atoms with van der Waals surface area (Å²) in [5.74, 6) is 0.922. The average molecular weight is 430 g/mol. The number of amides is 1. The van der Waals surface area contributed by atoms with Crippen molar-refractivity contribution < 1.29 is 17.9 Å². The van der Waals surface area contributed by atoms with Gasteiger partial charge in [0.15, 0.2) is 0 Å². The first-order valence-corrected chi connectivity index (χ1v) is 11.7. The van der Waals surface area contributed by atoms with Crippen molar-refractivity contribution in [3.8, 4) is 5.75 Å². The molecule has 7 nitrogen and oxygen atoms in total. The van der Waals surface area contributed by atoms with Crippen molar-refractivity contribution in [3.63, 3.8) is 0 Å². The number of ether oxygens (including phenoxy) is 1. The van der Waals surface area contributed by atoms with E-state index in [1.165, 1.54) is 0 Å². The molecule has 0 aromatic heterocycles. The number of rotatable bonds is 6. The number of hydrogen-bond donors (Lipinski definition) is 0. The molecule has 2 heterocycles. The van der Waals surface area contributed by atoms with Crippen LogP contribution in [0, 0.1) is 0 Å². The molecule has 0 aliphatic carbocycles. The maximum atomic E-state index is 13.0. The van der Waals surface area contributed by atoms with Gasteiger partial charge in [-0.15, -0.1) is 0 Å². The van der Waals surface area contributed by atoms with Gasteiger partial charge in [-0.2, -0.15) is 4.31 Å². The van der Waals surface area contributed by atoms with Gasteiger partial charge in [-0.3, -0.25) is 9.69 Å². The van der Waals surface area contributed by atoms with Crippen molar-refractivity contribution in [2.24, 2.45) is 0 Å². The van der Waals surface area contributed by atoms with Gasteiger partial charge >= 0.3 is 0 Å². The third-order valence-electron chi connectivity index (χ3n) is 5.73. The zero-order valence-corrected chi connectivity index (χ0v) is 18.0. The van der Waals surface area contributed by atoms with E-state index in [4.69, 9.17) is 4.74 Å². The SMILES string of the molecule is COc1cccc(CN2CCN(S(=O)(=O)c3ccc(N4CCCC4=O)cc3)CC2)c1. The Kier molecular flexibility index (Phi) is 6.08. The topological polar surface area (TPSA) is 70.2 Å². The highest BCUT2D eigenvalue weighted by Gasteiger charge is 2.29. The predicted molar refractivity (Wildman–Crippen MR) is 115 cm³/mol. The molecule has 0 saturated carbocycles. The van der Waals surface area contributed by atoms with Crippen molar-refractivity contribution in [1.29, 1.82) is 0 Å². The van der Waals surface area contributed by atoms with Crippen LogP contribution in [0.2, 0.25) is 0 Å². The van der Waals surface area contributed by atoms with Gasteiger partial charge in [-0.25, -0.2) is 8.42 Å². The molecule has 2 aromatic rings. The van der Waals surface area contributed by atoms with E-state index in [-0.39, 0.29) is 10.8 Å². The van der Waals surface area contributed by atoms with Crippen LogP contribution >= 0.6 is 0 Å². The monoisotopic (exact) mass is 429 g/mol. The second-order valence-electron chi connectivity index (χ2n) is 7.67. The van der Waals surface area contributed by atoms with Crippen LogP contribution in [0.3, 0.4) is 0 Å². The van der Waals surface area contributed by atoms with Gasteiger partial charge < -0.3 is 9.64 Å². The lowest BCUT2D eigenvalue weighted by Crippen LogP contribution is -2.48. The first-order chi connectivity index (χ1) is 14.5. The quantitative estimate of drug-likeness (QED) is 0.705. The molecule has 0 unspecified atom stereocenters. The number of hydrogen-bond acceptors (Lipinski definition) is 5. The van der Waals surface area contributed by atoms with Gasteiger partial charge in [-0.1, -0.05) is 12.1 Å². The summed E-state index contributed by atoms with van der Waals surface area (Å²) in [6.07, 6.45) is 1.40. The minimum absolute atomic E-state index is 0.0952. The van der Waals surface area contributed by atoms with Crippen molar-refractivity contribution in [2.45, 2.75) is 24.3 Å². The van der Waals surface area contributed by atoms with E-state index in [2.05, 4.69) is 11.0 Å². The Morgan fingerprint density at radius 3 is 2.33 bits per heavy atom. The smallest absolute Gasteiger partial charge is 0.243 e. The molecule has 4 rings (SSSR count). The molecule has 2 fully saturated rings. The molecule has 1 amide bonds. The molecule has 0 N–H and O–H groups in total. The second-order valence-corrected chi connectivity index (χ2v) is 9.61. The van der Waals surface area contributed by atoms with E-state index in [0.717, 1.165) is 30.0 Å². The molecule has 2 aromatic carbocycles. The normalized spacial score (nSPS) is 18.7. The zero-order chi connectivity index (χ0) is 21.1. The predicted octanol–water partition coefficient (Wildman–Crippen LogP) is 2.33. The Balaban J connectivity index is 1.38. The van der Waals surface area contributed by atoms with Crippen LogP contribution in [0.25, 0.3) is 0 Å². The lowest BCUT2D eigenvalue weighted by Gasteiger charge is -2.34. The van der Waals surface area contributed by atoms with Crippen LogP contribution in [0.4, 0.5) is 5.69 Å². The number of anilines is 1. The number of methoxy groups -OCH3 is 1. The summed E-state index contributed by atoms with van der Waals surface area (Å²) in [5, 5.41) is 0. The molecule has 0 radical (unpaired) electrons. The second kappa shape index (κ2) is 8.75. The van der Waals surface area contributed by atoms with Gasteiger partial charge in [0.1, 0.15) is 5.75 Å². The molecule has 30 heavy (non-hydrogen) atoms. The number of sulfonamides is 1. The maximum Gasteiger partial charge on any atom is 0.243 e. The molecule has 0 spiro atoms. The highest BCUT2D eigenvalue weighted by atomic mass is 32.2. The summed E-state index contributed by atoms with van der Waals surface area (Å²) in [6.45, 7) is 3.73. The van der Waals surface area contributed by atoms with Gasteiger partial charge in [0.2, 0.25) is 15.9 Å². The Labute approximate surface area is 177 Å². The highest BCUT2D eigenvalue weighted by Crippen LogP contribution is 2.25. The molecular formula is C22H27N3O4S. The number of nitrogens with zero attached hydrogens (tertiary/aromatic N) is 3. The summed E-state index contributed by atoms with van der Waals surface area (Å²) in [5.41, 5.74) is 1.91. The number of carbonyl (C=O) groups is 1.